The van der Waals surface area contributed by atoms with Crippen molar-refractivity contribution in [3.05, 3.63) is 45.6 Å². The van der Waals surface area contributed by atoms with Crippen molar-refractivity contribution < 1.29 is 43.9 Å². The molecule has 4 bridgehead atoms. The van der Waals surface area contributed by atoms with Crippen LogP contribution in [0.3, 0.4) is 0 Å². The first-order valence-corrected chi connectivity index (χ1v) is 20.7. The number of Topliss-reactive ketones (excluding diaryl/α,β-unsaturated/α-hetero) is 1. The number of phenols is 2. The molecule has 2 aromatic rings. The largest absolute Gasteiger partial charge is 0.507 e. The molecule has 314 valence electrons. The number of fused-ring (bicyclic) bond motifs is 3. The number of hydrogen-bond acceptors (Lipinski definition) is 11. The molecule has 0 aliphatic carbocycles. The van der Waals surface area contributed by atoms with Crippen LogP contribution in [0.15, 0.2) is 33.8 Å². The third-order valence-electron chi connectivity index (χ3n) is 11.8. The predicted octanol–water partition coefficient (Wildman–Crippen LogP) is 7.41. The maximum absolute atomic E-state index is 14.7. The lowest BCUT2D eigenvalue weighted by Crippen LogP contribution is -2.44. The molecule has 4 N–H and O–H groups in total. The fourth-order valence-corrected chi connectivity index (χ4v) is 8.58. The zero-order valence-corrected chi connectivity index (χ0v) is 35.8. The number of carbonyl (C=O) groups is 3. The lowest BCUT2D eigenvalue weighted by atomic mass is 9.79. The van der Waals surface area contributed by atoms with Crippen molar-refractivity contribution in [1.29, 1.82) is 0 Å². The van der Waals surface area contributed by atoms with Crippen LogP contribution in [0.25, 0.3) is 10.8 Å². The van der Waals surface area contributed by atoms with Crippen molar-refractivity contribution in [1.82, 2.24) is 0 Å². The summed E-state index contributed by atoms with van der Waals surface area (Å²) in [4.78, 5) is 50.3. The first kappa shape index (κ1) is 45.4. The highest BCUT2D eigenvalue weighted by Crippen LogP contribution is 2.46. The van der Waals surface area contributed by atoms with Gasteiger partial charge in [0, 0.05) is 48.8 Å². The van der Waals surface area contributed by atoms with E-state index in [2.05, 4.69) is 24.2 Å². The number of allylic oxidation sites excluding steroid dienone is 3. The van der Waals surface area contributed by atoms with E-state index >= 15 is 0 Å². The van der Waals surface area contributed by atoms with Gasteiger partial charge in [-0.1, -0.05) is 72.6 Å². The van der Waals surface area contributed by atoms with E-state index in [1.54, 1.807) is 40.0 Å². The molecule has 1 amide bonds. The number of anilines is 1. The molecule has 57 heavy (non-hydrogen) atoms. The molecule has 0 aromatic heterocycles. The molecule has 2 aliphatic heterocycles. The number of methoxy groups -OCH3 is 1. The second-order valence-corrected chi connectivity index (χ2v) is 16.4. The topological polar surface area (TPSA) is 176 Å². The number of aliphatic hydroxyl groups excluding tert-OH is 1. The second kappa shape index (κ2) is 19.9. The summed E-state index contributed by atoms with van der Waals surface area (Å²) >= 11 is 0. The van der Waals surface area contributed by atoms with Gasteiger partial charge in [0.2, 0.25) is 0 Å². The highest BCUT2D eigenvalue weighted by atomic mass is 16.5. The van der Waals surface area contributed by atoms with Gasteiger partial charge < -0.3 is 34.8 Å². The summed E-state index contributed by atoms with van der Waals surface area (Å²) in [5, 5.41) is 39.2. The lowest BCUT2D eigenvalue weighted by Gasteiger charge is -2.37. The molecule has 2 heterocycles. The number of ether oxygens (including phenoxy) is 3. The Morgan fingerprint density at radius 3 is 2.35 bits per heavy atom. The summed E-state index contributed by atoms with van der Waals surface area (Å²) in [5.74, 6) is -2.60. The van der Waals surface area contributed by atoms with Gasteiger partial charge in [-0.25, -0.2) is 4.99 Å². The van der Waals surface area contributed by atoms with Crippen molar-refractivity contribution in [3.63, 3.8) is 0 Å². The number of nitrogens with one attached hydrogen (secondary N) is 1. The van der Waals surface area contributed by atoms with Crippen molar-refractivity contribution in [2.45, 2.75) is 139 Å². The van der Waals surface area contributed by atoms with Crippen molar-refractivity contribution in [2.24, 2.45) is 39.6 Å². The van der Waals surface area contributed by atoms with Crippen LogP contribution in [-0.2, 0) is 19.1 Å². The number of ketones is 1. The van der Waals surface area contributed by atoms with E-state index in [-0.39, 0.29) is 81.2 Å². The average Bonchev–Trinajstić information content (AvgIpc) is 3.59. The van der Waals surface area contributed by atoms with Gasteiger partial charge in [-0.15, -0.1) is 0 Å². The van der Waals surface area contributed by atoms with E-state index in [4.69, 9.17) is 19.2 Å². The number of hydrogen-bond donors (Lipinski definition) is 4. The van der Waals surface area contributed by atoms with Crippen LogP contribution in [0.2, 0.25) is 0 Å². The minimum atomic E-state index is -0.821. The zero-order valence-electron chi connectivity index (χ0n) is 35.8. The van der Waals surface area contributed by atoms with E-state index in [0.717, 1.165) is 19.3 Å². The summed E-state index contributed by atoms with van der Waals surface area (Å²) in [7, 11) is 1.55. The normalized spacial score (nSPS) is 28.2. The highest BCUT2D eigenvalue weighted by molar-refractivity contribution is 6.18. The van der Waals surface area contributed by atoms with E-state index in [1.165, 1.54) is 6.92 Å². The van der Waals surface area contributed by atoms with Crippen LogP contribution >= 0.6 is 0 Å². The Morgan fingerprint density at radius 2 is 1.72 bits per heavy atom. The Morgan fingerprint density at radius 1 is 1.02 bits per heavy atom. The van der Waals surface area contributed by atoms with Crippen LogP contribution in [-0.4, -0.2) is 71.2 Å². The monoisotopic (exact) mass is 791 g/mol. The minimum absolute atomic E-state index is 0.0229. The fraction of sp³-hybridized carbons (Fsp3) is 0.622. The van der Waals surface area contributed by atoms with Gasteiger partial charge in [0.1, 0.15) is 34.5 Å². The van der Waals surface area contributed by atoms with Crippen LogP contribution in [0.1, 0.15) is 123 Å². The molecular formula is C45H65N3O9. The molecule has 0 radical (unpaired) electrons. The van der Waals surface area contributed by atoms with Crippen LogP contribution in [0, 0.1) is 36.5 Å². The number of benzene rings is 2. The number of carbonyl (C=O) groups excluding carboxylic acids is 3. The maximum atomic E-state index is 14.7. The smallest absolute Gasteiger partial charge is 0.302 e. The molecule has 0 spiro atoms. The Labute approximate surface area is 337 Å². The lowest BCUT2D eigenvalue weighted by molar-refractivity contribution is -0.160. The van der Waals surface area contributed by atoms with E-state index in [0.29, 0.717) is 30.0 Å². The minimum Gasteiger partial charge on any atom is -0.507 e. The highest BCUT2D eigenvalue weighted by Gasteiger charge is 2.38. The molecule has 0 saturated heterocycles. The SMILES string of the molecule is CCCC(C)CC[C@@H]1N=c2c(c3c4c(OCC)c(C)c(O)c3c(O)c2=NC(=O)/C(C)=C\C=C\[C@H](C)C[C@@H](C)[C@@H](O)[C@@H](C)[C@H](OC(C)=O)[C@H](C)[C@@H](OC)CCC4=O)N1. The Bertz CT molecular complexity index is 1990. The molecule has 1 unspecified atom stereocenters. The van der Waals surface area contributed by atoms with Crippen LogP contribution < -0.4 is 20.8 Å². The van der Waals surface area contributed by atoms with E-state index in [1.807, 2.05) is 33.8 Å². The first-order chi connectivity index (χ1) is 27.0. The van der Waals surface area contributed by atoms with Crippen LogP contribution in [0.4, 0.5) is 5.69 Å². The van der Waals surface area contributed by atoms with Gasteiger partial charge in [-0.2, -0.15) is 0 Å². The predicted molar refractivity (Wildman–Crippen MR) is 221 cm³/mol. The van der Waals surface area contributed by atoms with Gasteiger partial charge in [0.05, 0.1) is 35.5 Å². The molecule has 9 atom stereocenters. The number of esters is 1. The summed E-state index contributed by atoms with van der Waals surface area (Å²) in [6, 6.07) is 0. The molecule has 0 fully saturated rings. The molecule has 2 aromatic carbocycles. The fourth-order valence-electron chi connectivity index (χ4n) is 8.58. The molecule has 4 rings (SSSR count). The second-order valence-electron chi connectivity index (χ2n) is 16.4. The Kier molecular flexibility index (Phi) is 15.9. The molecular weight excluding hydrogens is 727 g/mol. The van der Waals surface area contributed by atoms with Crippen molar-refractivity contribution in [2.75, 3.05) is 19.0 Å². The van der Waals surface area contributed by atoms with Gasteiger partial charge in [0.25, 0.3) is 5.91 Å². The molecule has 12 heteroatoms. The number of amides is 1. The summed E-state index contributed by atoms with van der Waals surface area (Å²) in [6.07, 6.45) is 7.27. The number of phenolic OH excluding ortho intramolecular Hbond substituents is 2. The van der Waals surface area contributed by atoms with Crippen molar-refractivity contribution >= 4 is 34.1 Å². The van der Waals surface area contributed by atoms with Gasteiger partial charge in [-0.05, 0) is 64.2 Å². The third kappa shape index (κ3) is 10.2. The average molecular weight is 792 g/mol. The number of rotatable bonds is 9. The third-order valence-corrected chi connectivity index (χ3v) is 11.8. The summed E-state index contributed by atoms with van der Waals surface area (Å²) < 4.78 is 18.0. The quantitative estimate of drug-likeness (QED) is 0.148. The van der Waals surface area contributed by atoms with Crippen LogP contribution in [0.5, 0.6) is 17.2 Å². The Hall–Kier alpha value is -4.29. The summed E-state index contributed by atoms with van der Waals surface area (Å²) in [6.45, 7) is 18.6. The molecule has 12 nitrogen and oxygen atoms in total. The van der Waals surface area contributed by atoms with Crippen molar-refractivity contribution in [3.8, 4) is 17.2 Å². The van der Waals surface area contributed by atoms with E-state index < -0.39 is 53.9 Å². The van der Waals surface area contributed by atoms with Gasteiger partial charge in [-0.3, -0.25) is 19.4 Å². The maximum Gasteiger partial charge on any atom is 0.302 e. The molecule has 0 saturated carbocycles. The number of aromatic hydroxyl groups is 2. The Balaban J connectivity index is 2.03. The molecule has 2 aliphatic rings. The van der Waals surface area contributed by atoms with E-state index in [9.17, 15) is 29.7 Å². The standard InChI is InChI=1S/C45H65N3O9/c1-12-15-23(3)18-21-33-46-37-35-34-31(50)19-20-32(55-11)27(7)43(57-30(10)49)28(8)40(51)26(6)22-24(4)16-14-17-25(5)45(54)48-39(38(37)47-33)42(53)36(35)41(52)29(9)44(34)56-13-2/h14,16-17,23-24,26-28,32-33,40,43,46,51-53H,12-13,15,18-22H2,1-11H3/b16-14+,25-17-,48-39?/t23?,24-,26+,27+,28+,32-,33-,40+,43+/m0/s1. The van der Waals surface area contributed by atoms with Gasteiger partial charge in [0.15, 0.2) is 11.5 Å². The zero-order chi connectivity index (χ0) is 42.3. The number of aliphatic hydroxyl groups is 1. The number of nitrogens with zero attached hydrogens (tertiary/aromatic N) is 2. The van der Waals surface area contributed by atoms with Gasteiger partial charge >= 0.3 is 5.97 Å². The first-order valence-electron chi connectivity index (χ1n) is 20.7. The summed E-state index contributed by atoms with van der Waals surface area (Å²) in [5.41, 5.74) is 1.08.